The number of piperidine rings is 1. The molecule has 2 heterocycles. The summed E-state index contributed by atoms with van der Waals surface area (Å²) in [6, 6.07) is 3.05. The van der Waals surface area contributed by atoms with Gasteiger partial charge in [0.05, 0.1) is 5.60 Å². The maximum atomic E-state index is 12.6. The van der Waals surface area contributed by atoms with Gasteiger partial charge in [0, 0.05) is 39.0 Å². The molecule has 1 fully saturated rings. The van der Waals surface area contributed by atoms with E-state index >= 15 is 0 Å². The average Bonchev–Trinajstić information content (AvgIpc) is 2.53. The molecule has 0 saturated carbocycles. The van der Waals surface area contributed by atoms with E-state index < -0.39 is 15.6 Å². The van der Waals surface area contributed by atoms with Gasteiger partial charge in [0.2, 0.25) is 15.9 Å². The number of nitrogens with one attached hydrogen (secondary N) is 1. The van der Waals surface area contributed by atoms with Crippen LogP contribution in [0.5, 0.6) is 0 Å². The van der Waals surface area contributed by atoms with Crippen molar-refractivity contribution in [1.82, 2.24) is 14.6 Å². The van der Waals surface area contributed by atoms with Crippen LogP contribution in [-0.4, -0.2) is 54.5 Å². The average molecular weight is 327 g/mol. The second kappa shape index (κ2) is 6.72. The Balaban J connectivity index is 2.11. The van der Waals surface area contributed by atoms with E-state index in [0.717, 1.165) is 0 Å². The van der Waals surface area contributed by atoms with Gasteiger partial charge < -0.3 is 10.4 Å². The van der Waals surface area contributed by atoms with Gasteiger partial charge in [-0.05, 0) is 31.4 Å². The van der Waals surface area contributed by atoms with Crippen LogP contribution < -0.4 is 5.32 Å². The molecule has 7 nitrogen and oxygen atoms in total. The van der Waals surface area contributed by atoms with Crippen molar-refractivity contribution in [2.75, 3.05) is 20.1 Å². The number of carbonyl (C=O) groups is 1. The van der Waals surface area contributed by atoms with Crippen molar-refractivity contribution in [1.29, 1.82) is 0 Å². The zero-order valence-electron chi connectivity index (χ0n) is 12.5. The van der Waals surface area contributed by atoms with E-state index in [2.05, 4.69) is 10.3 Å². The van der Waals surface area contributed by atoms with Crippen LogP contribution in [0.1, 0.15) is 25.7 Å². The molecule has 22 heavy (non-hydrogen) atoms. The third-order valence-corrected chi connectivity index (χ3v) is 5.72. The summed E-state index contributed by atoms with van der Waals surface area (Å²) in [7, 11) is -2.13. The lowest BCUT2D eigenvalue weighted by molar-refractivity contribution is -0.122. The summed E-state index contributed by atoms with van der Waals surface area (Å²) >= 11 is 0. The number of hydrogen-bond acceptors (Lipinski definition) is 5. The topological polar surface area (TPSA) is 99.6 Å². The maximum absolute atomic E-state index is 12.6. The number of nitrogens with zero attached hydrogens (tertiary/aromatic N) is 2. The molecule has 2 rings (SSSR count). The van der Waals surface area contributed by atoms with Crippen molar-refractivity contribution >= 4 is 15.9 Å². The van der Waals surface area contributed by atoms with E-state index in [-0.39, 0.29) is 30.2 Å². The number of sulfonamides is 1. The minimum atomic E-state index is -3.67. The van der Waals surface area contributed by atoms with Gasteiger partial charge in [-0.25, -0.2) is 8.42 Å². The smallest absolute Gasteiger partial charge is 0.244 e. The van der Waals surface area contributed by atoms with E-state index in [9.17, 15) is 18.3 Å². The fourth-order valence-electron chi connectivity index (χ4n) is 2.60. The van der Waals surface area contributed by atoms with Gasteiger partial charge in [-0.2, -0.15) is 4.31 Å². The lowest BCUT2D eigenvalue weighted by Crippen LogP contribution is -2.50. The third-order valence-electron chi connectivity index (χ3n) is 3.89. The third kappa shape index (κ3) is 3.82. The molecule has 1 aromatic rings. The van der Waals surface area contributed by atoms with Crippen LogP contribution in [0, 0.1) is 0 Å². The zero-order valence-corrected chi connectivity index (χ0v) is 13.3. The van der Waals surface area contributed by atoms with Gasteiger partial charge >= 0.3 is 0 Å². The highest BCUT2D eigenvalue weighted by molar-refractivity contribution is 7.89. The second-order valence-electron chi connectivity index (χ2n) is 5.53. The molecular weight excluding hydrogens is 306 g/mol. The number of pyridine rings is 1. The monoisotopic (exact) mass is 327 g/mol. The molecule has 0 unspecified atom stereocenters. The molecule has 1 aliphatic heterocycles. The van der Waals surface area contributed by atoms with E-state index in [1.165, 1.54) is 29.8 Å². The standard InChI is InChI=1S/C14H21N3O4S/c1-15-13(18)5-7-14(19)6-3-9-17(11-14)22(20,21)12-4-2-8-16-10-12/h2,4,8,10,19H,3,5-7,9,11H2,1H3,(H,15,18)/t14-/m1/s1. The van der Waals surface area contributed by atoms with Gasteiger partial charge in [-0.3, -0.25) is 9.78 Å². The summed E-state index contributed by atoms with van der Waals surface area (Å²) in [5.41, 5.74) is -1.17. The van der Waals surface area contributed by atoms with Gasteiger partial charge in [0.25, 0.3) is 0 Å². The predicted molar refractivity (Wildman–Crippen MR) is 80.5 cm³/mol. The van der Waals surface area contributed by atoms with Crippen molar-refractivity contribution in [3.8, 4) is 0 Å². The maximum Gasteiger partial charge on any atom is 0.244 e. The number of carbonyl (C=O) groups excluding carboxylic acids is 1. The summed E-state index contributed by atoms with van der Waals surface area (Å²) < 4.78 is 26.4. The van der Waals surface area contributed by atoms with Gasteiger partial charge in [-0.1, -0.05) is 0 Å². The first-order valence-electron chi connectivity index (χ1n) is 7.20. The Morgan fingerprint density at radius 2 is 2.32 bits per heavy atom. The summed E-state index contributed by atoms with van der Waals surface area (Å²) in [5, 5.41) is 13.1. The van der Waals surface area contributed by atoms with Crippen molar-refractivity contribution in [2.45, 2.75) is 36.2 Å². The highest BCUT2D eigenvalue weighted by Gasteiger charge is 2.38. The number of aromatic nitrogens is 1. The van der Waals surface area contributed by atoms with Gasteiger partial charge in [0.15, 0.2) is 0 Å². The van der Waals surface area contributed by atoms with Crippen LogP contribution in [0.4, 0.5) is 0 Å². The molecule has 0 radical (unpaired) electrons. The highest BCUT2D eigenvalue weighted by Crippen LogP contribution is 2.29. The highest BCUT2D eigenvalue weighted by atomic mass is 32.2. The van der Waals surface area contributed by atoms with Gasteiger partial charge in [-0.15, -0.1) is 0 Å². The first-order valence-corrected chi connectivity index (χ1v) is 8.64. The molecule has 1 amide bonds. The molecule has 122 valence electrons. The molecule has 1 aliphatic rings. The minimum absolute atomic E-state index is 0.00121. The van der Waals surface area contributed by atoms with E-state index in [4.69, 9.17) is 0 Å². The van der Waals surface area contributed by atoms with Crippen LogP contribution in [0.3, 0.4) is 0 Å². The van der Waals surface area contributed by atoms with Crippen molar-refractivity contribution in [3.05, 3.63) is 24.5 Å². The van der Waals surface area contributed by atoms with Crippen molar-refractivity contribution < 1.29 is 18.3 Å². The van der Waals surface area contributed by atoms with Crippen LogP contribution in [0.15, 0.2) is 29.4 Å². The second-order valence-corrected chi connectivity index (χ2v) is 7.47. The first kappa shape index (κ1) is 16.9. The number of β-amino-alcohol motifs (C(OH)–C–C–N with tert-alkyl or cyclic N) is 1. The van der Waals surface area contributed by atoms with E-state index in [1.54, 1.807) is 6.07 Å². The minimum Gasteiger partial charge on any atom is -0.388 e. The molecule has 1 atom stereocenters. The lowest BCUT2D eigenvalue weighted by Gasteiger charge is -2.38. The zero-order chi connectivity index (χ0) is 16.2. The first-order chi connectivity index (χ1) is 10.4. The Kier molecular flexibility index (Phi) is 5.15. The molecule has 0 aliphatic carbocycles. The predicted octanol–water partition coefficient (Wildman–Crippen LogP) is 0.123. The Labute approximate surface area is 130 Å². The largest absolute Gasteiger partial charge is 0.388 e. The summed E-state index contributed by atoms with van der Waals surface area (Å²) in [4.78, 5) is 15.3. The Hall–Kier alpha value is -1.51. The van der Waals surface area contributed by atoms with Gasteiger partial charge in [0.1, 0.15) is 4.90 Å². The fraction of sp³-hybridized carbons (Fsp3) is 0.571. The molecule has 0 aromatic carbocycles. The molecule has 1 aromatic heterocycles. The number of hydrogen-bond donors (Lipinski definition) is 2. The van der Waals surface area contributed by atoms with E-state index in [1.807, 2.05) is 0 Å². The summed E-state index contributed by atoms with van der Waals surface area (Å²) in [5.74, 6) is -0.166. The normalized spacial score (nSPS) is 23.2. The van der Waals surface area contributed by atoms with E-state index in [0.29, 0.717) is 19.4 Å². The molecule has 1 saturated heterocycles. The van der Waals surface area contributed by atoms with Crippen LogP contribution >= 0.6 is 0 Å². The van der Waals surface area contributed by atoms with Crippen LogP contribution in [-0.2, 0) is 14.8 Å². The van der Waals surface area contributed by atoms with Crippen LogP contribution in [0.25, 0.3) is 0 Å². The fourth-order valence-corrected chi connectivity index (χ4v) is 4.12. The van der Waals surface area contributed by atoms with Crippen LogP contribution in [0.2, 0.25) is 0 Å². The molecule has 0 spiro atoms. The molecule has 2 N–H and O–H groups in total. The Morgan fingerprint density at radius 1 is 1.55 bits per heavy atom. The summed E-state index contributed by atoms with van der Waals surface area (Å²) in [6.45, 7) is 0.362. The number of amides is 1. The Morgan fingerprint density at radius 3 is 2.95 bits per heavy atom. The lowest BCUT2D eigenvalue weighted by atomic mass is 9.89. The summed E-state index contributed by atoms with van der Waals surface area (Å²) in [6.07, 6.45) is 4.27. The SMILES string of the molecule is CNC(=O)CC[C@]1(O)CCCN(S(=O)(=O)c2cccnc2)C1. The number of aliphatic hydroxyl groups is 1. The number of rotatable bonds is 5. The molecule has 0 bridgehead atoms. The van der Waals surface area contributed by atoms with Crippen molar-refractivity contribution in [2.24, 2.45) is 0 Å². The molecule has 8 heteroatoms. The quantitative estimate of drug-likeness (QED) is 0.800. The van der Waals surface area contributed by atoms with Crippen molar-refractivity contribution in [3.63, 3.8) is 0 Å². The molecular formula is C14H21N3O4S. The Bertz CT molecular complexity index is 620.